The molecule has 0 aliphatic carbocycles. The maximum atomic E-state index is 14.2. The highest BCUT2D eigenvalue weighted by atomic mass is 19.1. The first-order chi connectivity index (χ1) is 18.6. The number of hydrogen-bond donors (Lipinski definition) is 1. The van der Waals surface area contributed by atoms with Crippen LogP contribution in [0, 0.1) is 11.6 Å². The van der Waals surface area contributed by atoms with Crippen molar-refractivity contribution in [3.05, 3.63) is 90.1 Å². The van der Waals surface area contributed by atoms with Gasteiger partial charge in [0.1, 0.15) is 23.7 Å². The summed E-state index contributed by atoms with van der Waals surface area (Å²) in [5.74, 6) is -0.878. The first kappa shape index (κ1) is 22.7. The molecule has 6 aromatic rings. The molecule has 0 radical (unpaired) electrons. The molecule has 190 valence electrons. The molecule has 1 atom stereocenters. The summed E-state index contributed by atoms with van der Waals surface area (Å²) >= 11 is 0. The third-order valence-corrected chi connectivity index (χ3v) is 7.24. The highest BCUT2D eigenvalue weighted by Gasteiger charge is 2.25. The van der Waals surface area contributed by atoms with Crippen molar-refractivity contribution < 1.29 is 8.78 Å². The molecule has 5 heterocycles. The van der Waals surface area contributed by atoms with Crippen molar-refractivity contribution in [2.45, 2.75) is 25.3 Å². The Morgan fingerprint density at radius 3 is 2.82 bits per heavy atom. The van der Waals surface area contributed by atoms with Crippen LogP contribution < -0.4 is 0 Å². The first-order valence-corrected chi connectivity index (χ1v) is 12.5. The lowest BCUT2D eigenvalue weighted by atomic mass is 9.95. The second kappa shape index (κ2) is 9.10. The Bertz CT molecular complexity index is 1750. The molecule has 1 aliphatic rings. The van der Waals surface area contributed by atoms with Crippen LogP contribution in [0.15, 0.2) is 67.3 Å². The van der Waals surface area contributed by atoms with Crippen molar-refractivity contribution in [2.24, 2.45) is 0 Å². The maximum Gasteiger partial charge on any atom is 0.155 e. The molecule has 0 amide bonds. The van der Waals surface area contributed by atoms with Crippen LogP contribution in [0.1, 0.15) is 30.0 Å². The van der Waals surface area contributed by atoms with E-state index in [1.807, 2.05) is 42.7 Å². The minimum Gasteiger partial charge on any atom is -0.298 e. The molecule has 4 aromatic heterocycles. The standard InChI is InChI=1S/C27H23F2N9/c28-22-4-1-5-23(29)21(22)14-36-10-2-3-17(12-36)25-15-37(35-33-25)19-7-8-24-20(11-19)27(34-32-24)18-6-9-26-30-16-31-38(26)13-18/h1,4-9,11,13,15-17H,2-3,10,12,14H2,(H,32,34)/t17-/m1/s1. The average molecular weight is 512 g/mol. The number of aromatic nitrogens is 8. The molecule has 0 bridgehead atoms. The van der Waals surface area contributed by atoms with Crippen molar-refractivity contribution in [3.63, 3.8) is 0 Å². The van der Waals surface area contributed by atoms with Gasteiger partial charge in [0, 0.05) is 41.7 Å². The van der Waals surface area contributed by atoms with Gasteiger partial charge in [-0.1, -0.05) is 11.3 Å². The van der Waals surface area contributed by atoms with Crippen LogP contribution in [-0.2, 0) is 6.54 Å². The zero-order chi connectivity index (χ0) is 25.6. The minimum atomic E-state index is -0.506. The van der Waals surface area contributed by atoms with Crippen molar-refractivity contribution in [1.29, 1.82) is 0 Å². The first-order valence-electron chi connectivity index (χ1n) is 12.5. The number of pyridine rings is 1. The summed E-state index contributed by atoms with van der Waals surface area (Å²) in [7, 11) is 0. The molecule has 11 heteroatoms. The van der Waals surface area contributed by atoms with Gasteiger partial charge in [-0.25, -0.2) is 23.0 Å². The predicted molar refractivity (Wildman–Crippen MR) is 137 cm³/mol. The van der Waals surface area contributed by atoms with Crippen LogP contribution in [0.5, 0.6) is 0 Å². The SMILES string of the molecule is Fc1cccc(F)c1CN1CCC[C@@H](c2cn(-c3ccc4[nH]nc(-c5ccc6ncnn6c5)c4c3)nn2)C1. The van der Waals surface area contributed by atoms with Crippen LogP contribution in [0.3, 0.4) is 0 Å². The predicted octanol–water partition coefficient (Wildman–Crippen LogP) is 4.51. The van der Waals surface area contributed by atoms with E-state index in [2.05, 4.69) is 35.5 Å². The van der Waals surface area contributed by atoms with Gasteiger partial charge >= 0.3 is 0 Å². The number of nitrogens with one attached hydrogen (secondary N) is 1. The van der Waals surface area contributed by atoms with E-state index >= 15 is 0 Å². The van der Waals surface area contributed by atoms with Crippen molar-refractivity contribution in [2.75, 3.05) is 13.1 Å². The fraction of sp³-hybridized carbons (Fsp3) is 0.222. The number of piperidine rings is 1. The van der Waals surface area contributed by atoms with E-state index in [9.17, 15) is 8.78 Å². The summed E-state index contributed by atoms with van der Waals surface area (Å²) in [5.41, 5.74) is 5.25. The molecule has 2 aromatic carbocycles. The summed E-state index contributed by atoms with van der Waals surface area (Å²) < 4.78 is 31.9. The number of nitrogens with zero attached hydrogens (tertiary/aromatic N) is 8. The Kier molecular flexibility index (Phi) is 5.43. The smallest absolute Gasteiger partial charge is 0.155 e. The molecule has 1 fully saturated rings. The number of likely N-dealkylation sites (tertiary alicyclic amines) is 1. The number of H-pyrrole nitrogens is 1. The highest BCUT2D eigenvalue weighted by Crippen LogP contribution is 2.30. The summed E-state index contributed by atoms with van der Waals surface area (Å²) in [6.07, 6.45) is 7.24. The monoisotopic (exact) mass is 511 g/mol. The molecule has 1 aliphatic heterocycles. The Hall–Kier alpha value is -4.51. The van der Waals surface area contributed by atoms with E-state index < -0.39 is 11.6 Å². The van der Waals surface area contributed by atoms with E-state index in [0.29, 0.717) is 6.54 Å². The molecular weight excluding hydrogens is 488 g/mol. The fourth-order valence-corrected chi connectivity index (χ4v) is 5.26. The number of benzene rings is 2. The summed E-state index contributed by atoms with van der Waals surface area (Å²) in [6, 6.07) is 13.9. The van der Waals surface area contributed by atoms with Crippen LogP contribution in [0.25, 0.3) is 33.5 Å². The summed E-state index contributed by atoms with van der Waals surface area (Å²) in [5, 5.41) is 21.7. The zero-order valence-corrected chi connectivity index (χ0v) is 20.3. The van der Waals surface area contributed by atoms with Gasteiger partial charge in [-0.15, -0.1) is 5.10 Å². The molecule has 1 saturated heterocycles. The van der Waals surface area contributed by atoms with Gasteiger partial charge in [0.2, 0.25) is 0 Å². The molecule has 38 heavy (non-hydrogen) atoms. The Morgan fingerprint density at radius 2 is 1.92 bits per heavy atom. The number of aromatic amines is 1. The summed E-state index contributed by atoms with van der Waals surface area (Å²) in [4.78, 5) is 6.29. The lowest BCUT2D eigenvalue weighted by Gasteiger charge is -2.31. The molecule has 9 nitrogen and oxygen atoms in total. The third-order valence-electron chi connectivity index (χ3n) is 7.24. The van der Waals surface area contributed by atoms with Gasteiger partial charge in [-0.05, 0) is 61.9 Å². The van der Waals surface area contributed by atoms with Crippen molar-refractivity contribution >= 4 is 16.6 Å². The van der Waals surface area contributed by atoms with Gasteiger partial charge in [-0.3, -0.25) is 10.00 Å². The highest BCUT2D eigenvalue weighted by molar-refractivity contribution is 5.94. The Morgan fingerprint density at radius 1 is 1.03 bits per heavy atom. The Balaban J connectivity index is 1.14. The van der Waals surface area contributed by atoms with Crippen molar-refractivity contribution in [3.8, 4) is 16.9 Å². The maximum absolute atomic E-state index is 14.2. The summed E-state index contributed by atoms with van der Waals surface area (Å²) in [6.45, 7) is 1.70. The number of hydrogen-bond acceptors (Lipinski definition) is 6. The van der Waals surface area contributed by atoms with Crippen molar-refractivity contribution in [1.82, 2.24) is 44.7 Å². The number of fused-ring (bicyclic) bond motifs is 2. The molecule has 0 unspecified atom stereocenters. The van der Waals surface area contributed by atoms with Gasteiger partial charge in [-0.2, -0.15) is 10.2 Å². The van der Waals surface area contributed by atoms with E-state index in [0.717, 1.165) is 58.6 Å². The van der Waals surface area contributed by atoms with Crippen LogP contribution in [0.2, 0.25) is 0 Å². The lowest BCUT2D eigenvalue weighted by molar-refractivity contribution is 0.194. The second-order valence-corrected chi connectivity index (χ2v) is 9.65. The van der Waals surface area contributed by atoms with Gasteiger partial charge in [0.25, 0.3) is 0 Å². The van der Waals surface area contributed by atoms with E-state index in [1.165, 1.54) is 24.5 Å². The van der Waals surface area contributed by atoms with Crippen LogP contribution >= 0.6 is 0 Å². The van der Waals surface area contributed by atoms with Gasteiger partial charge < -0.3 is 0 Å². The number of rotatable bonds is 5. The number of halogens is 2. The molecule has 7 rings (SSSR count). The lowest BCUT2D eigenvalue weighted by Crippen LogP contribution is -2.34. The zero-order valence-electron chi connectivity index (χ0n) is 20.3. The normalized spacial score (nSPS) is 16.5. The second-order valence-electron chi connectivity index (χ2n) is 9.65. The quantitative estimate of drug-likeness (QED) is 0.366. The van der Waals surface area contributed by atoms with E-state index in [4.69, 9.17) is 0 Å². The topological polar surface area (TPSA) is 92.8 Å². The molecule has 0 spiro atoms. The van der Waals surface area contributed by atoms with Gasteiger partial charge in [0.15, 0.2) is 5.65 Å². The fourth-order valence-electron chi connectivity index (χ4n) is 5.26. The average Bonchev–Trinajstić information content (AvgIpc) is 3.70. The van der Waals surface area contributed by atoms with E-state index in [1.54, 1.807) is 9.20 Å². The molecule has 0 saturated carbocycles. The molecule has 1 N–H and O–H groups in total. The molecular formula is C27H23F2N9. The van der Waals surface area contributed by atoms with Gasteiger partial charge in [0.05, 0.1) is 23.1 Å². The minimum absolute atomic E-state index is 0.115. The van der Waals surface area contributed by atoms with Crippen LogP contribution in [-0.4, -0.2) is 57.8 Å². The Labute approximate surface area is 215 Å². The van der Waals surface area contributed by atoms with E-state index in [-0.39, 0.29) is 18.0 Å². The van der Waals surface area contributed by atoms with Crippen LogP contribution in [0.4, 0.5) is 8.78 Å². The third kappa shape index (κ3) is 4.01. The largest absolute Gasteiger partial charge is 0.298 e.